The summed E-state index contributed by atoms with van der Waals surface area (Å²) in [7, 11) is 0. The van der Waals surface area contributed by atoms with Gasteiger partial charge < -0.3 is 15.3 Å². The van der Waals surface area contributed by atoms with E-state index in [2.05, 4.69) is 15.3 Å². The third kappa shape index (κ3) is 4.46. The van der Waals surface area contributed by atoms with Crippen molar-refractivity contribution < 1.29 is 37.9 Å². The number of benzene rings is 1. The number of hydrogen-bond acceptors (Lipinski definition) is 10. The Kier molecular flexibility index (Phi) is 6.29. The monoisotopic (exact) mass is 512 g/mol. The highest BCUT2D eigenvalue weighted by Crippen LogP contribution is 2.42. The second kappa shape index (κ2) is 8.91. The van der Waals surface area contributed by atoms with Crippen LogP contribution in [0.3, 0.4) is 0 Å². The van der Waals surface area contributed by atoms with Crippen molar-refractivity contribution in [3.05, 3.63) is 22.7 Å². The maximum Gasteiger partial charge on any atom is 0.334 e. The van der Waals surface area contributed by atoms with Gasteiger partial charge in [0.05, 0.1) is 16.6 Å². The Morgan fingerprint density at radius 1 is 1.29 bits per heavy atom. The lowest BCUT2D eigenvalue weighted by Gasteiger charge is -2.23. The molecule has 34 heavy (non-hydrogen) atoms. The van der Waals surface area contributed by atoms with Crippen molar-refractivity contribution in [1.29, 1.82) is 0 Å². The SMILES string of the molecule is CC1(C)SC(c2nc3cc(F)c(O)c(F)c3s2)=NC1C(=O)NCCC(=O)ON1C(=O)CCC1=O. The van der Waals surface area contributed by atoms with Crippen LogP contribution >= 0.6 is 23.1 Å². The molecule has 2 N–H and O–H groups in total. The Morgan fingerprint density at radius 3 is 2.65 bits per heavy atom. The van der Waals surface area contributed by atoms with E-state index in [0.29, 0.717) is 10.1 Å². The van der Waals surface area contributed by atoms with Gasteiger partial charge in [0.2, 0.25) is 5.91 Å². The Labute approximate surface area is 199 Å². The number of imide groups is 1. The number of hydroxylamine groups is 2. The van der Waals surface area contributed by atoms with E-state index >= 15 is 0 Å². The average Bonchev–Trinajstić information content (AvgIpc) is 3.43. The summed E-state index contributed by atoms with van der Waals surface area (Å²) in [6.45, 7) is 3.44. The standard InChI is InChI=1S/C20H18F2N4O6S2/c1-20(2)16(17(31)23-6-5-12(29)32-26-10(27)3-4-11(26)28)25-19(34-20)18-24-9-7-8(21)14(30)13(22)15(9)33-18/h7,16,30H,3-6H2,1-2H3,(H,23,31). The van der Waals surface area contributed by atoms with Crippen LogP contribution in [-0.4, -0.2) is 61.2 Å². The number of aromatic nitrogens is 1. The molecule has 1 atom stereocenters. The van der Waals surface area contributed by atoms with Crippen molar-refractivity contribution in [2.75, 3.05) is 6.54 Å². The predicted molar refractivity (Wildman–Crippen MR) is 118 cm³/mol. The summed E-state index contributed by atoms with van der Waals surface area (Å²) in [6.07, 6.45) is -0.310. The lowest BCUT2D eigenvalue weighted by atomic mass is 10.0. The number of nitrogens with zero attached hydrogens (tertiary/aromatic N) is 3. The molecule has 1 aromatic carbocycles. The predicted octanol–water partition coefficient (Wildman–Crippen LogP) is 2.03. The van der Waals surface area contributed by atoms with Crippen LogP contribution in [0.25, 0.3) is 10.2 Å². The van der Waals surface area contributed by atoms with Crippen molar-refractivity contribution >= 4 is 62.0 Å². The number of carbonyl (C=O) groups is 4. The number of rotatable bonds is 6. The Balaban J connectivity index is 1.41. The van der Waals surface area contributed by atoms with Crippen LogP contribution < -0.4 is 5.32 Å². The normalized spacial score (nSPS) is 19.6. The first kappa shape index (κ1) is 24.0. The van der Waals surface area contributed by atoms with Gasteiger partial charge in [-0.05, 0) is 13.8 Å². The van der Waals surface area contributed by atoms with Gasteiger partial charge in [0.1, 0.15) is 16.1 Å². The highest BCUT2D eigenvalue weighted by Gasteiger charge is 2.43. The fourth-order valence-corrected chi connectivity index (χ4v) is 5.53. The molecule has 3 amide bonds. The van der Waals surface area contributed by atoms with E-state index < -0.39 is 51.9 Å². The number of hydrogen-bond donors (Lipinski definition) is 2. The molecular weight excluding hydrogens is 494 g/mol. The minimum absolute atomic E-state index is 0.0188. The van der Waals surface area contributed by atoms with Crippen molar-refractivity contribution in [3.8, 4) is 5.75 Å². The fraction of sp³-hybridized carbons (Fsp3) is 0.400. The number of amides is 3. The number of thiazole rings is 1. The van der Waals surface area contributed by atoms with Gasteiger partial charge in [-0.3, -0.25) is 19.4 Å². The summed E-state index contributed by atoms with van der Waals surface area (Å²) >= 11 is 2.11. The molecule has 180 valence electrons. The summed E-state index contributed by atoms with van der Waals surface area (Å²) < 4.78 is 27.1. The van der Waals surface area contributed by atoms with Crippen molar-refractivity contribution in [2.24, 2.45) is 4.99 Å². The van der Waals surface area contributed by atoms with Crippen molar-refractivity contribution in [1.82, 2.24) is 15.4 Å². The van der Waals surface area contributed by atoms with Gasteiger partial charge in [-0.2, -0.15) is 0 Å². The van der Waals surface area contributed by atoms with E-state index in [1.165, 1.54) is 11.8 Å². The van der Waals surface area contributed by atoms with E-state index in [9.17, 15) is 33.1 Å². The molecule has 1 aromatic heterocycles. The molecule has 3 heterocycles. The maximum absolute atomic E-state index is 14.2. The maximum atomic E-state index is 14.2. The zero-order chi connectivity index (χ0) is 24.8. The number of aliphatic imine (C=N–C) groups is 1. The lowest BCUT2D eigenvalue weighted by molar-refractivity contribution is -0.197. The number of fused-ring (bicyclic) bond motifs is 1. The van der Waals surface area contributed by atoms with Crippen LogP contribution in [0.2, 0.25) is 0 Å². The minimum atomic E-state index is -1.13. The van der Waals surface area contributed by atoms with Gasteiger partial charge in [0, 0.05) is 30.2 Å². The molecule has 2 aliphatic heterocycles. The van der Waals surface area contributed by atoms with Crippen LogP contribution in [0.15, 0.2) is 11.1 Å². The molecule has 10 nitrogen and oxygen atoms in total. The van der Waals surface area contributed by atoms with Gasteiger partial charge in [0.25, 0.3) is 11.8 Å². The average molecular weight is 513 g/mol. The quantitative estimate of drug-likeness (QED) is 0.561. The molecule has 2 aliphatic rings. The van der Waals surface area contributed by atoms with Crippen LogP contribution in [0.5, 0.6) is 5.75 Å². The van der Waals surface area contributed by atoms with Crippen LogP contribution in [0.1, 0.15) is 38.1 Å². The number of nitrogens with one attached hydrogen (secondary N) is 1. The summed E-state index contributed by atoms with van der Waals surface area (Å²) in [5, 5.41) is 13.1. The Bertz CT molecular complexity index is 1250. The van der Waals surface area contributed by atoms with E-state index in [4.69, 9.17) is 4.84 Å². The second-order valence-corrected chi connectivity index (χ2v) is 10.7. The van der Waals surface area contributed by atoms with E-state index in [0.717, 1.165) is 17.4 Å². The number of phenols is 1. The highest BCUT2D eigenvalue weighted by molar-refractivity contribution is 8.16. The molecule has 1 unspecified atom stereocenters. The number of aromatic hydroxyl groups is 1. The first-order chi connectivity index (χ1) is 16.0. The molecule has 0 aliphatic carbocycles. The molecule has 1 fully saturated rings. The van der Waals surface area contributed by atoms with Gasteiger partial charge >= 0.3 is 5.97 Å². The topological polar surface area (TPSA) is 138 Å². The zero-order valence-corrected chi connectivity index (χ0v) is 19.5. The first-order valence-electron chi connectivity index (χ1n) is 10.1. The summed E-state index contributed by atoms with van der Waals surface area (Å²) in [5.41, 5.74) is 0.0234. The molecule has 14 heteroatoms. The zero-order valence-electron chi connectivity index (χ0n) is 17.9. The Morgan fingerprint density at radius 2 is 1.97 bits per heavy atom. The molecule has 2 aromatic rings. The van der Waals surface area contributed by atoms with Crippen LogP contribution in [0.4, 0.5) is 8.78 Å². The number of carbonyl (C=O) groups excluding carboxylic acids is 4. The van der Waals surface area contributed by atoms with Crippen LogP contribution in [-0.2, 0) is 24.0 Å². The van der Waals surface area contributed by atoms with Crippen molar-refractivity contribution in [2.45, 2.75) is 43.9 Å². The number of thioether (sulfide) groups is 1. The van der Waals surface area contributed by atoms with Crippen LogP contribution in [0, 0.1) is 11.6 Å². The first-order valence-corrected chi connectivity index (χ1v) is 11.7. The molecule has 0 saturated carbocycles. The van der Waals surface area contributed by atoms with Gasteiger partial charge in [0.15, 0.2) is 17.4 Å². The van der Waals surface area contributed by atoms with E-state index in [1.54, 1.807) is 13.8 Å². The second-order valence-electron chi connectivity index (χ2n) is 8.02. The third-order valence-electron chi connectivity index (χ3n) is 5.07. The molecule has 0 spiro atoms. The molecule has 4 rings (SSSR count). The van der Waals surface area contributed by atoms with E-state index in [-0.39, 0.29) is 41.0 Å². The van der Waals surface area contributed by atoms with E-state index in [1.807, 2.05) is 0 Å². The van der Waals surface area contributed by atoms with Gasteiger partial charge in [-0.1, -0.05) is 11.8 Å². The summed E-state index contributed by atoms with van der Waals surface area (Å²) in [6, 6.07) is 0.0540. The minimum Gasteiger partial charge on any atom is -0.503 e. The summed E-state index contributed by atoms with van der Waals surface area (Å²) in [4.78, 5) is 60.9. The molecule has 0 bridgehead atoms. The molecule has 1 saturated heterocycles. The lowest BCUT2D eigenvalue weighted by Crippen LogP contribution is -2.43. The van der Waals surface area contributed by atoms with Gasteiger partial charge in [-0.15, -0.1) is 16.4 Å². The molecule has 0 radical (unpaired) electrons. The number of phenolic OH excluding ortho intramolecular Hbond substituents is 1. The highest BCUT2D eigenvalue weighted by atomic mass is 32.2. The van der Waals surface area contributed by atoms with Gasteiger partial charge in [-0.25, -0.2) is 18.6 Å². The summed E-state index contributed by atoms with van der Waals surface area (Å²) in [5.74, 6) is -5.84. The van der Waals surface area contributed by atoms with Crippen molar-refractivity contribution in [3.63, 3.8) is 0 Å². The largest absolute Gasteiger partial charge is 0.503 e. The smallest absolute Gasteiger partial charge is 0.334 e. The Hall–Kier alpha value is -3.13. The number of halogens is 2. The molecular formula is C20H18F2N4O6S2. The third-order valence-corrected chi connectivity index (χ3v) is 7.51. The fourth-order valence-electron chi connectivity index (χ4n) is 3.35.